The number of amides is 1. The van der Waals surface area contributed by atoms with Gasteiger partial charge in [-0.1, -0.05) is 0 Å². The molecular formula is C12H13N3O2. The van der Waals surface area contributed by atoms with Crippen LogP contribution in [0.15, 0.2) is 35.5 Å². The van der Waals surface area contributed by atoms with E-state index in [1.54, 1.807) is 18.7 Å². The largest absolute Gasteiger partial charge is 0.469 e. The molecule has 2 heterocycles. The fourth-order valence-corrected chi connectivity index (χ4v) is 2.24. The number of nitrogens with zero attached hydrogens (tertiary/aromatic N) is 2. The molecule has 0 saturated carbocycles. The first-order valence-corrected chi connectivity index (χ1v) is 5.69. The van der Waals surface area contributed by atoms with Gasteiger partial charge in [0.15, 0.2) is 0 Å². The summed E-state index contributed by atoms with van der Waals surface area (Å²) in [6, 6.07) is 1.84. The molecule has 88 valence electrons. The third-order valence-electron chi connectivity index (χ3n) is 3.09. The Kier molecular flexibility index (Phi) is 2.44. The first-order valence-electron chi connectivity index (χ1n) is 5.69. The lowest BCUT2D eigenvalue weighted by atomic mass is 9.93. The van der Waals surface area contributed by atoms with Crippen LogP contribution in [0.3, 0.4) is 0 Å². The number of hydrogen-bond acceptors (Lipinski definition) is 3. The maximum Gasteiger partial charge on any atom is 0.327 e. The first kappa shape index (κ1) is 10.1. The molecule has 0 aromatic carbocycles. The standard InChI is InChI=1S/C12H13N3O2/c16-12(15-6-5-13-8-15)14-10-2-1-3-11-9(10)4-7-17-11/h4-8,10H,1-3H2,(H,14,16). The molecule has 0 radical (unpaired) electrons. The van der Waals surface area contributed by atoms with Crippen LogP contribution in [0.1, 0.15) is 30.2 Å². The van der Waals surface area contributed by atoms with E-state index in [0.29, 0.717) is 0 Å². The lowest BCUT2D eigenvalue weighted by Crippen LogP contribution is -2.33. The van der Waals surface area contributed by atoms with Gasteiger partial charge in [-0.3, -0.25) is 4.57 Å². The molecule has 1 aliphatic rings. The molecule has 5 nitrogen and oxygen atoms in total. The van der Waals surface area contributed by atoms with E-state index in [2.05, 4.69) is 10.3 Å². The van der Waals surface area contributed by atoms with E-state index in [-0.39, 0.29) is 12.1 Å². The second kappa shape index (κ2) is 4.08. The maximum absolute atomic E-state index is 11.9. The number of aryl methyl sites for hydroxylation is 1. The van der Waals surface area contributed by atoms with Gasteiger partial charge in [0.05, 0.1) is 12.3 Å². The molecule has 0 saturated heterocycles. The van der Waals surface area contributed by atoms with Crippen molar-refractivity contribution in [3.8, 4) is 0 Å². The Hall–Kier alpha value is -2.04. The average Bonchev–Trinajstić information content (AvgIpc) is 3.00. The Morgan fingerprint density at radius 3 is 3.35 bits per heavy atom. The fraction of sp³-hybridized carbons (Fsp3) is 0.333. The van der Waals surface area contributed by atoms with Crippen LogP contribution in [-0.4, -0.2) is 15.6 Å². The SMILES string of the molecule is O=C(NC1CCCc2occc21)n1ccnc1. The third kappa shape index (κ3) is 1.84. The fourth-order valence-electron chi connectivity index (χ4n) is 2.24. The van der Waals surface area contributed by atoms with Crippen LogP contribution in [0.4, 0.5) is 4.79 Å². The van der Waals surface area contributed by atoms with Gasteiger partial charge in [-0.15, -0.1) is 0 Å². The van der Waals surface area contributed by atoms with Crippen LogP contribution in [-0.2, 0) is 6.42 Å². The summed E-state index contributed by atoms with van der Waals surface area (Å²) < 4.78 is 6.83. The van der Waals surface area contributed by atoms with Crippen LogP contribution in [0.5, 0.6) is 0 Å². The van der Waals surface area contributed by atoms with Crippen LogP contribution < -0.4 is 5.32 Å². The third-order valence-corrected chi connectivity index (χ3v) is 3.09. The summed E-state index contributed by atoms with van der Waals surface area (Å²) in [6.45, 7) is 0. The number of rotatable bonds is 1. The monoisotopic (exact) mass is 231 g/mol. The van der Waals surface area contributed by atoms with Gasteiger partial charge >= 0.3 is 6.03 Å². The lowest BCUT2D eigenvalue weighted by Gasteiger charge is -2.22. The summed E-state index contributed by atoms with van der Waals surface area (Å²) in [5, 5.41) is 2.99. The number of aromatic nitrogens is 2. The van der Waals surface area contributed by atoms with Crippen LogP contribution in [0, 0.1) is 0 Å². The second-order valence-electron chi connectivity index (χ2n) is 4.16. The van der Waals surface area contributed by atoms with E-state index in [1.807, 2.05) is 6.07 Å². The van der Waals surface area contributed by atoms with Crippen molar-refractivity contribution >= 4 is 6.03 Å². The van der Waals surface area contributed by atoms with Gasteiger partial charge in [0.1, 0.15) is 12.1 Å². The predicted octanol–water partition coefficient (Wildman–Crippen LogP) is 2.11. The molecule has 5 heteroatoms. The number of imidazole rings is 1. The van der Waals surface area contributed by atoms with E-state index in [0.717, 1.165) is 30.6 Å². The van der Waals surface area contributed by atoms with Crippen molar-refractivity contribution in [2.75, 3.05) is 0 Å². The van der Waals surface area contributed by atoms with Crippen molar-refractivity contribution < 1.29 is 9.21 Å². The molecule has 0 aliphatic heterocycles. The predicted molar refractivity (Wildman–Crippen MR) is 60.5 cm³/mol. The highest BCUT2D eigenvalue weighted by Gasteiger charge is 2.24. The maximum atomic E-state index is 11.9. The Labute approximate surface area is 98.5 Å². The zero-order valence-electron chi connectivity index (χ0n) is 9.30. The highest BCUT2D eigenvalue weighted by Crippen LogP contribution is 2.30. The van der Waals surface area contributed by atoms with Gasteiger partial charge < -0.3 is 9.73 Å². The molecular weight excluding hydrogens is 218 g/mol. The minimum absolute atomic E-state index is 0.0485. The Bertz CT molecular complexity index is 516. The van der Waals surface area contributed by atoms with Gasteiger partial charge in [-0.2, -0.15) is 0 Å². The zero-order chi connectivity index (χ0) is 11.7. The number of carbonyl (C=O) groups excluding carboxylic acids is 1. The Morgan fingerprint density at radius 2 is 2.53 bits per heavy atom. The quantitative estimate of drug-likeness (QED) is 0.817. The average molecular weight is 231 g/mol. The zero-order valence-corrected chi connectivity index (χ0v) is 9.30. The molecule has 1 unspecified atom stereocenters. The summed E-state index contributed by atoms with van der Waals surface area (Å²) in [5.74, 6) is 0.993. The Balaban J connectivity index is 1.77. The van der Waals surface area contributed by atoms with Crippen molar-refractivity contribution in [3.63, 3.8) is 0 Å². The van der Waals surface area contributed by atoms with Gasteiger partial charge in [-0.25, -0.2) is 9.78 Å². The molecule has 1 aliphatic carbocycles. The lowest BCUT2D eigenvalue weighted by molar-refractivity contribution is 0.236. The first-order chi connectivity index (χ1) is 8.34. The van der Waals surface area contributed by atoms with Crippen molar-refractivity contribution in [1.29, 1.82) is 0 Å². The molecule has 3 rings (SSSR count). The summed E-state index contributed by atoms with van der Waals surface area (Å²) in [4.78, 5) is 15.7. The molecule has 0 bridgehead atoms. The van der Waals surface area contributed by atoms with E-state index in [4.69, 9.17) is 4.42 Å². The normalized spacial score (nSPS) is 18.7. The van der Waals surface area contributed by atoms with Crippen molar-refractivity contribution in [3.05, 3.63) is 42.4 Å². The van der Waals surface area contributed by atoms with Gasteiger partial charge in [0.25, 0.3) is 0 Å². The number of fused-ring (bicyclic) bond motifs is 1. The molecule has 0 fully saturated rings. The van der Waals surface area contributed by atoms with E-state index in [1.165, 1.54) is 10.9 Å². The van der Waals surface area contributed by atoms with Gasteiger partial charge in [-0.05, 0) is 18.9 Å². The van der Waals surface area contributed by atoms with Crippen LogP contribution in [0.25, 0.3) is 0 Å². The summed E-state index contributed by atoms with van der Waals surface area (Å²) in [7, 11) is 0. The van der Waals surface area contributed by atoms with E-state index >= 15 is 0 Å². The summed E-state index contributed by atoms with van der Waals surface area (Å²) in [5.41, 5.74) is 1.10. The molecule has 17 heavy (non-hydrogen) atoms. The minimum Gasteiger partial charge on any atom is -0.469 e. The smallest absolute Gasteiger partial charge is 0.327 e. The highest BCUT2D eigenvalue weighted by molar-refractivity contribution is 5.76. The molecule has 0 spiro atoms. The molecule has 1 amide bonds. The van der Waals surface area contributed by atoms with Gasteiger partial charge in [0.2, 0.25) is 0 Å². The van der Waals surface area contributed by atoms with Crippen LogP contribution in [0.2, 0.25) is 0 Å². The molecule has 1 N–H and O–H groups in total. The van der Waals surface area contributed by atoms with Crippen LogP contribution >= 0.6 is 0 Å². The number of nitrogens with one attached hydrogen (secondary N) is 1. The van der Waals surface area contributed by atoms with E-state index < -0.39 is 0 Å². The summed E-state index contributed by atoms with van der Waals surface area (Å²) in [6.07, 6.45) is 9.35. The van der Waals surface area contributed by atoms with Gasteiger partial charge in [0, 0.05) is 24.4 Å². The second-order valence-corrected chi connectivity index (χ2v) is 4.16. The van der Waals surface area contributed by atoms with Crippen molar-refractivity contribution in [2.24, 2.45) is 0 Å². The molecule has 1 atom stereocenters. The topological polar surface area (TPSA) is 60.1 Å². The van der Waals surface area contributed by atoms with E-state index in [9.17, 15) is 4.79 Å². The number of hydrogen-bond donors (Lipinski definition) is 1. The minimum atomic E-state index is -0.151. The number of carbonyl (C=O) groups is 1. The molecule has 2 aromatic rings. The number of furan rings is 1. The molecule has 2 aromatic heterocycles. The summed E-state index contributed by atoms with van der Waals surface area (Å²) >= 11 is 0. The Morgan fingerprint density at radius 1 is 1.59 bits per heavy atom. The van der Waals surface area contributed by atoms with Crippen molar-refractivity contribution in [1.82, 2.24) is 14.9 Å². The highest BCUT2D eigenvalue weighted by atomic mass is 16.3. The van der Waals surface area contributed by atoms with Crippen molar-refractivity contribution in [2.45, 2.75) is 25.3 Å².